The van der Waals surface area contributed by atoms with E-state index in [9.17, 15) is 13.9 Å². The highest BCUT2D eigenvalue weighted by molar-refractivity contribution is 7.53. The fourth-order valence-corrected chi connectivity index (χ4v) is 3.47. The molecule has 1 unspecified atom stereocenters. The van der Waals surface area contributed by atoms with Gasteiger partial charge in [0.1, 0.15) is 21.4 Å². The van der Waals surface area contributed by atoms with Crippen molar-refractivity contribution in [1.29, 1.82) is 0 Å². The van der Waals surface area contributed by atoms with E-state index in [0.717, 1.165) is 4.90 Å². The highest BCUT2D eigenvalue weighted by atomic mass is 31.2. The van der Waals surface area contributed by atoms with Crippen LogP contribution in [0.2, 0.25) is 0 Å². The number of nitrogens with one attached hydrogen (secondary N) is 1. The van der Waals surface area contributed by atoms with Gasteiger partial charge in [0, 0.05) is 6.54 Å². The van der Waals surface area contributed by atoms with E-state index in [4.69, 9.17) is 24.1 Å². The summed E-state index contributed by atoms with van der Waals surface area (Å²) in [7, 11) is -8.46. The molecule has 0 aromatic heterocycles. The second-order valence-corrected chi connectivity index (χ2v) is 7.98. The van der Waals surface area contributed by atoms with Crippen molar-refractivity contribution in [3.8, 4) is 0 Å². The van der Waals surface area contributed by atoms with Crippen molar-refractivity contribution in [2.45, 2.75) is 6.92 Å². The number of nitrogens with zero attached hydrogens (tertiary/aromatic N) is 1. The van der Waals surface area contributed by atoms with Crippen molar-refractivity contribution in [1.82, 2.24) is 10.2 Å². The van der Waals surface area contributed by atoms with Crippen LogP contribution in [0, 0.1) is 0 Å². The van der Waals surface area contributed by atoms with Crippen LogP contribution in [0.5, 0.6) is 0 Å². The van der Waals surface area contributed by atoms with Crippen molar-refractivity contribution in [3.05, 3.63) is 0 Å². The van der Waals surface area contributed by atoms with Gasteiger partial charge in [-0.1, -0.05) is 6.92 Å². The molecule has 0 aromatic carbocycles. The van der Waals surface area contributed by atoms with Crippen LogP contribution in [0.15, 0.2) is 0 Å². The Bertz CT molecular complexity index is 362. The van der Waals surface area contributed by atoms with Crippen LogP contribution in [0.4, 0.5) is 4.79 Å². The fraction of sp³-hybridized carbons (Fsp3) is 0.857. The molecule has 0 radical (unpaired) electrons. The van der Waals surface area contributed by atoms with Crippen molar-refractivity contribution < 1.29 is 38.0 Å². The van der Waals surface area contributed by atoms with Crippen LogP contribution in [0.1, 0.15) is 6.92 Å². The molecule has 0 saturated carbocycles. The second kappa shape index (κ2) is 9.20. The van der Waals surface area contributed by atoms with Gasteiger partial charge < -0.3 is 29.4 Å². The highest BCUT2D eigenvalue weighted by Gasteiger charge is 2.24. The number of hydrogen-bond acceptors (Lipinski definition) is 5. The lowest BCUT2D eigenvalue weighted by molar-refractivity contribution is 0.247. The molecule has 1 rings (SSSR count). The highest BCUT2D eigenvalue weighted by Crippen LogP contribution is 2.40. The van der Waals surface area contributed by atoms with Gasteiger partial charge in [-0.2, -0.15) is 0 Å². The molecule has 1 fully saturated rings. The minimum Gasteiger partial charge on any atom is -0.351 e. The molecule has 1 amide bonds. The Hall–Kier alpha value is 0.120. The van der Waals surface area contributed by atoms with Gasteiger partial charge in [-0.3, -0.25) is 18.8 Å². The number of carbonyl (C=O) groups excluding carboxylic acids is 1. The molecule has 1 saturated heterocycles. The standard InChI is InChI=1S/C4H13NO6P2.C3H6NO2P/c1-2-5(3-12(6,7)8)4-13(9,10)11;5-3-4-1-2-6-7-3/h2-4H2,1H3,(H2,6,7,8)(H2,9,10,11);7H,1-2H2,(H,4,5). The van der Waals surface area contributed by atoms with Crippen LogP contribution in [0.25, 0.3) is 0 Å². The normalized spacial score (nSPS) is 17.6. The zero-order valence-corrected chi connectivity index (χ0v) is 13.6. The molecule has 1 aliphatic heterocycles. The predicted octanol–water partition coefficient (Wildman–Crippen LogP) is -0.102. The number of rotatable bonds is 5. The quantitative estimate of drug-likeness (QED) is 0.426. The molecule has 1 heterocycles. The minimum absolute atomic E-state index is 0.0197. The first-order valence-electron chi connectivity index (χ1n) is 5.50. The molecule has 120 valence electrons. The summed E-state index contributed by atoms with van der Waals surface area (Å²) in [5.41, 5.74) is 0.0197. The van der Waals surface area contributed by atoms with Crippen LogP contribution < -0.4 is 5.32 Å². The first-order valence-corrected chi connectivity index (χ1v) is 10.0. The van der Waals surface area contributed by atoms with Gasteiger partial charge in [-0.25, -0.2) is 0 Å². The van der Waals surface area contributed by atoms with Crippen molar-refractivity contribution in [2.24, 2.45) is 0 Å². The van der Waals surface area contributed by atoms with Crippen molar-refractivity contribution in [3.63, 3.8) is 0 Å². The Kier molecular flexibility index (Phi) is 9.26. The third kappa shape index (κ3) is 13.1. The topological polar surface area (TPSA) is 157 Å². The molecule has 5 N–H and O–H groups in total. The molecule has 1 aliphatic rings. The maximum absolute atomic E-state index is 10.5. The van der Waals surface area contributed by atoms with E-state index < -0.39 is 27.8 Å². The van der Waals surface area contributed by atoms with Gasteiger partial charge in [0.25, 0.3) is 5.65 Å². The maximum atomic E-state index is 10.5. The van der Waals surface area contributed by atoms with Gasteiger partial charge in [0.15, 0.2) is 0 Å². The third-order valence-electron chi connectivity index (χ3n) is 1.87. The van der Waals surface area contributed by atoms with Crippen LogP contribution >= 0.6 is 24.0 Å². The van der Waals surface area contributed by atoms with E-state index >= 15 is 0 Å². The summed E-state index contributed by atoms with van der Waals surface area (Å²) >= 11 is 0. The molecule has 13 heteroatoms. The summed E-state index contributed by atoms with van der Waals surface area (Å²) in [6.07, 6.45) is -1.26. The average Bonchev–Trinajstić information content (AvgIpc) is 2.26. The number of amides is 1. The van der Waals surface area contributed by atoms with E-state index in [0.29, 0.717) is 13.2 Å². The van der Waals surface area contributed by atoms with Gasteiger partial charge in [-0.05, 0) is 6.54 Å². The van der Waals surface area contributed by atoms with Gasteiger partial charge in [0.05, 0.1) is 6.61 Å². The summed E-state index contributed by atoms with van der Waals surface area (Å²) in [4.78, 5) is 45.4. The Labute approximate surface area is 118 Å². The fourth-order valence-electron chi connectivity index (χ4n) is 1.13. The molecular formula is C7H19N2O8P3. The lowest BCUT2D eigenvalue weighted by Gasteiger charge is -2.20. The Morgan fingerprint density at radius 2 is 1.75 bits per heavy atom. The summed E-state index contributed by atoms with van der Waals surface area (Å²) in [6, 6.07) is 0. The molecule has 0 aliphatic carbocycles. The monoisotopic (exact) mass is 352 g/mol. The molecular weight excluding hydrogens is 333 g/mol. The number of carbonyl (C=O) groups is 1. The second-order valence-electron chi connectivity index (χ2n) is 3.81. The zero-order chi connectivity index (χ0) is 15.8. The minimum atomic E-state index is -4.24. The maximum Gasteiger partial charge on any atom is 0.339 e. The largest absolute Gasteiger partial charge is 0.351 e. The average molecular weight is 352 g/mol. The van der Waals surface area contributed by atoms with Crippen LogP contribution in [0.3, 0.4) is 0 Å². The summed E-state index contributed by atoms with van der Waals surface area (Å²) < 4.78 is 25.8. The lowest BCUT2D eigenvalue weighted by atomic mass is 10.7. The lowest BCUT2D eigenvalue weighted by Crippen LogP contribution is -2.26. The Morgan fingerprint density at radius 3 is 1.95 bits per heavy atom. The summed E-state index contributed by atoms with van der Waals surface area (Å²) in [5.74, 6) is 0. The van der Waals surface area contributed by atoms with Gasteiger partial charge >= 0.3 is 15.2 Å². The molecule has 0 spiro atoms. The van der Waals surface area contributed by atoms with Crippen molar-refractivity contribution >= 4 is 29.6 Å². The molecule has 0 bridgehead atoms. The van der Waals surface area contributed by atoms with Gasteiger partial charge in [-0.15, -0.1) is 0 Å². The van der Waals surface area contributed by atoms with Crippen LogP contribution in [-0.2, 0) is 13.7 Å². The number of hydrogen-bond donors (Lipinski definition) is 5. The summed E-state index contributed by atoms with van der Waals surface area (Å²) in [6.45, 7) is 3.08. The molecule has 0 aromatic rings. The smallest absolute Gasteiger partial charge is 0.339 e. The first-order chi connectivity index (χ1) is 9.03. The summed E-state index contributed by atoms with van der Waals surface area (Å²) in [5, 5.41) is 2.63. The molecule has 1 atom stereocenters. The zero-order valence-electron chi connectivity index (χ0n) is 10.8. The Balaban J connectivity index is 0.000000428. The van der Waals surface area contributed by atoms with E-state index in [1.54, 1.807) is 6.92 Å². The van der Waals surface area contributed by atoms with E-state index in [1.165, 1.54) is 0 Å². The predicted molar refractivity (Wildman–Crippen MR) is 73.9 cm³/mol. The SMILES string of the molecule is CCN(CP(=O)(O)O)CP(=O)(O)O.O=C1NCCOP1. The van der Waals surface area contributed by atoms with Crippen molar-refractivity contribution in [2.75, 3.05) is 32.3 Å². The molecule has 10 nitrogen and oxygen atoms in total. The third-order valence-corrected chi connectivity index (χ3v) is 4.12. The Morgan fingerprint density at radius 1 is 1.25 bits per heavy atom. The van der Waals surface area contributed by atoms with E-state index in [2.05, 4.69) is 5.32 Å². The molecule has 20 heavy (non-hydrogen) atoms. The first kappa shape index (κ1) is 20.1. The van der Waals surface area contributed by atoms with Gasteiger partial charge in [0.2, 0.25) is 0 Å². The van der Waals surface area contributed by atoms with E-state index in [-0.39, 0.29) is 21.0 Å². The van der Waals surface area contributed by atoms with Crippen LogP contribution in [-0.4, -0.2) is 62.4 Å². The van der Waals surface area contributed by atoms with E-state index in [1.807, 2.05) is 0 Å².